The molecule has 0 aliphatic carbocycles. The van der Waals surface area contributed by atoms with Crippen molar-refractivity contribution >= 4 is 38.9 Å². The highest BCUT2D eigenvalue weighted by molar-refractivity contribution is 7.89. The summed E-state index contributed by atoms with van der Waals surface area (Å²) in [6, 6.07) is 4.06. The van der Waals surface area contributed by atoms with Crippen molar-refractivity contribution in [3.05, 3.63) is 18.2 Å². The number of ether oxygens (including phenoxy) is 1. The van der Waals surface area contributed by atoms with Crippen molar-refractivity contribution in [1.29, 1.82) is 0 Å². The maximum Gasteiger partial charge on any atom is 0.262 e. The van der Waals surface area contributed by atoms with Crippen LogP contribution >= 0.6 is 12.2 Å². The molecule has 1 aliphatic rings. The molecule has 5 N–H and O–H groups in total. The number of nitrogens with two attached hydrogens (primary N) is 1. The van der Waals surface area contributed by atoms with Crippen LogP contribution in [0.3, 0.4) is 0 Å². The second-order valence-corrected chi connectivity index (χ2v) is 5.71. The van der Waals surface area contributed by atoms with E-state index in [2.05, 4.69) is 23.0 Å². The van der Waals surface area contributed by atoms with Crippen LogP contribution < -0.4 is 26.0 Å². The summed E-state index contributed by atoms with van der Waals surface area (Å²) in [5, 5.41) is 2.30. The Labute approximate surface area is 114 Å². The Hall–Kier alpha value is -1.91. The van der Waals surface area contributed by atoms with Gasteiger partial charge in [0.05, 0.1) is 10.6 Å². The van der Waals surface area contributed by atoms with Crippen molar-refractivity contribution in [3.63, 3.8) is 0 Å². The van der Waals surface area contributed by atoms with Crippen LogP contribution in [0.1, 0.15) is 0 Å². The number of sulfonamides is 1. The van der Waals surface area contributed by atoms with Gasteiger partial charge in [0.25, 0.3) is 15.9 Å². The Morgan fingerprint density at radius 1 is 1.47 bits per heavy atom. The number of benzene rings is 1. The zero-order valence-corrected chi connectivity index (χ0v) is 11.1. The summed E-state index contributed by atoms with van der Waals surface area (Å²) in [6.45, 7) is -0.0969. The lowest BCUT2D eigenvalue weighted by atomic mass is 10.2. The molecule has 1 heterocycles. The molecule has 1 aromatic rings. The van der Waals surface area contributed by atoms with Crippen LogP contribution in [0.2, 0.25) is 0 Å². The standard InChI is InChI=1S/C9H10N4O4S2/c10-9(18)12-13-19(15,16)5-1-2-7-6(3-5)11-8(14)4-17-7/h1-3,13H,4H2,(H,11,14)(H3,10,12,18). The first-order chi connectivity index (χ1) is 8.88. The van der Waals surface area contributed by atoms with Gasteiger partial charge in [-0.15, -0.1) is 4.83 Å². The van der Waals surface area contributed by atoms with Crippen molar-refractivity contribution in [2.24, 2.45) is 5.73 Å². The second kappa shape index (κ2) is 4.99. The van der Waals surface area contributed by atoms with E-state index in [1.807, 2.05) is 4.83 Å². The minimum absolute atomic E-state index is 0.0687. The molecule has 0 spiro atoms. The van der Waals surface area contributed by atoms with Crippen molar-refractivity contribution in [3.8, 4) is 5.75 Å². The molecule has 19 heavy (non-hydrogen) atoms. The predicted molar refractivity (Wildman–Crippen MR) is 70.8 cm³/mol. The zero-order valence-electron chi connectivity index (χ0n) is 9.47. The Morgan fingerprint density at radius 3 is 2.89 bits per heavy atom. The van der Waals surface area contributed by atoms with E-state index in [9.17, 15) is 13.2 Å². The third kappa shape index (κ3) is 3.10. The highest BCUT2D eigenvalue weighted by Crippen LogP contribution is 2.29. The van der Waals surface area contributed by atoms with Gasteiger partial charge in [0.15, 0.2) is 11.7 Å². The van der Waals surface area contributed by atoms with Gasteiger partial charge < -0.3 is 15.8 Å². The predicted octanol–water partition coefficient (Wildman–Crippen LogP) is -0.956. The molecule has 0 saturated carbocycles. The molecule has 0 atom stereocenters. The molecule has 1 aliphatic heterocycles. The van der Waals surface area contributed by atoms with Gasteiger partial charge in [-0.3, -0.25) is 10.2 Å². The first-order valence-corrected chi connectivity index (χ1v) is 6.91. The monoisotopic (exact) mass is 302 g/mol. The zero-order chi connectivity index (χ0) is 14.0. The third-order valence-corrected chi connectivity index (χ3v) is 3.55. The largest absolute Gasteiger partial charge is 0.482 e. The number of hydrogen-bond donors (Lipinski definition) is 4. The quantitative estimate of drug-likeness (QED) is 0.419. The van der Waals surface area contributed by atoms with Crippen molar-refractivity contribution in [2.75, 3.05) is 11.9 Å². The van der Waals surface area contributed by atoms with E-state index < -0.39 is 10.0 Å². The van der Waals surface area contributed by atoms with E-state index in [1.54, 1.807) is 0 Å². The molecule has 0 unspecified atom stereocenters. The first-order valence-electron chi connectivity index (χ1n) is 5.02. The number of nitrogens with one attached hydrogen (secondary N) is 3. The van der Waals surface area contributed by atoms with Crippen molar-refractivity contribution in [2.45, 2.75) is 4.90 Å². The summed E-state index contributed by atoms with van der Waals surface area (Å²) in [7, 11) is -3.84. The van der Waals surface area contributed by atoms with Gasteiger partial charge in [-0.1, -0.05) is 0 Å². The molecule has 0 aromatic heterocycles. The topological polar surface area (TPSA) is 123 Å². The number of carbonyl (C=O) groups is 1. The molecule has 0 saturated heterocycles. The number of anilines is 1. The lowest BCUT2D eigenvalue weighted by Gasteiger charge is -2.18. The van der Waals surface area contributed by atoms with E-state index in [-0.39, 0.29) is 28.2 Å². The number of amides is 1. The van der Waals surface area contributed by atoms with Crippen LogP contribution in [-0.4, -0.2) is 26.0 Å². The lowest BCUT2D eigenvalue weighted by Crippen LogP contribution is -2.44. The van der Waals surface area contributed by atoms with Crippen LogP contribution in [0.5, 0.6) is 5.75 Å². The number of hydrazine groups is 1. The van der Waals surface area contributed by atoms with E-state index in [0.29, 0.717) is 5.75 Å². The van der Waals surface area contributed by atoms with Gasteiger partial charge in [0.1, 0.15) is 5.75 Å². The number of hydrogen-bond acceptors (Lipinski definition) is 5. The summed E-state index contributed by atoms with van der Waals surface area (Å²) >= 11 is 4.49. The Morgan fingerprint density at radius 2 is 2.21 bits per heavy atom. The van der Waals surface area contributed by atoms with Crippen LogP contribution in [0, 0.1) is 0 Å². The molecule has 1 amide bonds. The van der Waals surface area contributed by atoms with E-state index in [0.717, 1.165) is 0 Å². The minimum atomic E-state index is -3.84. The summed E-state index contributed by atoms with van der Waals surface area (Å²) in [5.41, 5.74) is 7.54. The average molecular weight is 302 g/mol. The molecule has 0 radical (unpaired) electrons. The summed E-state index contributed by atoms with van der Waals surface area (Å²) in [5.74, 6) is 0.0529. The van der Waals surface area contributed by atoms with Crippen molar-refractivity contribution in [1.82, 2.24) is 10.3 Å². The molecule has 10 heteroatoms. The first kappa shape index (κ1) is 13.5. The smallest absolute Gasteiger partial charge is 0.262 e. The number of rotatable bonds is 3. The molecule has 2 rings (SSSR count). The Balaban J connectivity index is 2.28. The molecule has 0 bridgehead atoms. The minimum Gasteiger partial charge on any atom is -0.482 e. The van der Waals surface area contributed by atoms with Crippen LogP contribution in [0.25, 0.3) is 0 Å². The summed E-state index contributed by atoms with van der Waals surface area (Å²) in [4.78, 5) is 13.1. The van der Waals surface area contributed by atoms with E-state index in [1.165, 1.54) is 18.2 Å². The molecular weight excluding hydrogens is 292 g/mol. The SMILES string of the molecule is NC(=S)NNS(=O)(=O)c1ccc2c(c1)NC(=O)CO2. The lowest BCUT2D eigenvalue weighted by molar-refractivity contribution is -0.118. The molecular formula is C9H10N4O4S2. The fourth-order valence-corrected chi connectivity index (χ4v) is 2.40. The maximum absolute atomic E-state index is 11.9. The fourth-order valence-electron chi connectivity index (χ4n) is 1.41. The summed E-state index contributed by atoms with van der Waals surface area (Å²) < 4.78 is 28.8. The molecule has 102 valence electrons. The number of fused-ring (bicyclic) bond motifs is 1. The maximum atomic E-state index is 11.9. The highest BCUT2D eigenvalue weighted by atomic mass is 32.2. The molecule has 8 nitrogen and oxygen atoms in total. The average Bonchev–Trinajstić information content (AvgIpc) is 2.35. The third-order valence-electron chi connectivity index (χ3n) is 2.20. The van der Waals surface area contributed by atoms with Gasteiger partial charge in [-0.05, 0) is 30.4 Å². The van der Waals surface area contributed by atoms with Crippen LogP contribution in [0.15, 0.2) is 23.1 Å². The highest BCUT2D eigenvalue weighted by Gasteiger charge is 2.20. The van der Waals surface area contributed by atoms with Crippen molar-refractivity contribution < 1.29 is 17.9 Å². The molecule has 1 aromatic carbocycles. The van der Waals surface area contributed by atoms with E-state index in [4.69, 9.17) is 10.5 Å². The number of thiocarbonyl (C=S) groups is 1. The van der Waals surface area contributed by atoms with Crippen LogP contribution in [-0.2, 0) is 14.8 Å². The fraction of sp³-hybridized carbons (Fsp3) is 0.111. The molecule has 0 fully saturated rings. The second-order valence-electron chi connectivity index (χ2n) is 3.59. The normalized spacial score (nSPS) is 14.0. The Kier molecular flexibility index (Phi) is 3.55. The Bertz CT molecular complexity index is 644. The van der Waals surface area contributed by atoms with Gasteiger partial charge >= 0.3 is 0 Å². The van der Waals surface area contributed by atoms with Gasteiger partial charge in [0, 0.05) is 0 Å². The van der Waals surface area contributed by atoms with Gasteiger partial charge in [-0.25, -0.2) is 8.42 Å². The number of carbonyl (C=O) groups excluding carboxylic acids is 1. The van der Waals surface area contributed by atoms with E-state index >= 15 is 0 Å². The van der Waals surface area contributed by atoms with Gasteiger partial charge in [0.2, 0.25) is 0 Å². The van der Waals surface area contributed by atoms with Crippen LogP contribution in [0.4, 0.5) is 5.69 Å². The summed E-state index contributed by atoms with van der Waals surface area (Å²) in [6.07, 6.45) is 0. The van der Waals surface area contributed by atoms with Gasteiger partial charge in [-0.2, -0.15) is 0 Å².